The number of para-hydroxylation sites is 1. The zero-order chi connectivity index (χ0) is 13.8. The normalized spacial score (nSPS) is 16.2. The molecule has 1 aromatic rings. The van der Waals surface area contributed by atoms with E-state index in [0.29, 0.717) is 16.8 Å². The maximum atomic E-state index is 12.4. The fourth-order valence-corrected chi connectivity index (χ4v) is 2.72. The lowest BCUT2D eigenvalue weighted by Crippen LogP contribution is -2.25. The van der Waals surface area contributed by atoms with Crippen LogP contribution in [-0.4, -0.2) is 11.8 Å². The molecule has 2 rings (SSSR count). The van der Waals surface area contributed by atoms with Crippen LogP contribution in [0.25, 0.3) is 0 Å². The Kier molecular flexibility index (Phi) is 4.20. The average Bonchev–Trinajstić information content (AvgIpc) is 2.41. The zero-order valence-corrected chi connectivity index (χ0v) is 10.9. The number of anilines is 1. The van der Waals surface area contributed by atoms with Gasteiger partial charge in [0, 0.05) is 29.6 Å². The molecule has 0 aromatic heterocycles. The SMILES string of the molecule is Nc1c(CC(=O)[O-])cccc1C(=O)C1CCCCC1. The summed E-state index contributed by atoms with van der Waals surface area (Å²) >= 11 is 0. The number of Topliss-reactive ketones (excluding diaryl/α,β-unsaturated/α-hetero) is 1. The highest BCUT2D eigenvalue weighted by molar-refractivity contribution is 6.03. The fourth-order valence-electron chi connectivity index (χ4n) is 2.72. The van der Waals surface area contributed by atoms with Crippen molar-refractivity contribution in [3.8, 4) is 0 Å². The summed E-state index contributed by atoms with van der Waals surface area (Å²) in [6, 6.07) is 5.00. The van der Waals surface area contributed by atoms with E-state index in [1.165, 1.54) is 6.42 Å². The van der Waals surface area contributed by atoms with E-state index in [4.69, 9.17) is 5.73 Å². The molecule has 1 aliphatic carbocycles. The molecule has 0 heterocycles. The summed E-state index contributed by atoms with van der Waals surface area (Å²) in [5.41, 5.74) is 7.14. The summed E-state index contributed by atoms with van der Waals surface area (Å²) in [6.07, 6.45) is 4.90. The van der Waals surface area contributed by atoms with E-state index in [1.807, 2.05) is 0 Å². The number of ketones is 1. The highest BCUT2D eigenvalue weighted by Gasteiger charge is 2.24. The van der Waals surface area contributed by atoms with Gasteiger partial charge in [0.25, 0.3) is 0 Å². The molecular weight excluding hydrogens is 242 g/mol. The summed E-state index contributed by atoms with van der Waals surface area (Å²) in [7, 11) is 0. The van der Waals surface area contributed by atoms with Crippen molar-refractivity contribution in [3.05, 3.63) is 29.3 Å². The lowest BCUT2D eigenvalue weighted by atomic mass is 9.83. The maximum Gasteiger partial charge on any atom is 0.168 e. The molecule has 0 amide bonds. The number of carbonyl (C=O) groups excluding carboxylic acids is 2. The monoisotopic (exact) mass is 260 g/mol. The molecule has 19 heavy (non-hydrogen) atoms. The van der Waals surface area contributed by atoms with Crippen molar-refractivity contribution in [2.75, 3.05) is 5.73 Å². The zero-order valence-electron chi connectivity index (χ0n) is 10.9. The third kappa shape index (κ3) is 3.13. The quantitative estimate of drug-likeness (QED) is 0.653. The first kappa shape index (κ1) is 13.6. The van der Waals surface area contributed by atoms with Crippen LogP contribution in [0.15, 0.2) is 18.2 Å². The topological polar surface area (TPSA) is 83.2 Å². The summed E-state index contributed by atoms with van der Waals surface area (Å²) in [6.45, 7) is 0. The number of carboxylic acid groups (broad SMARTS) is 1. The second kappa shape index (κ2) is 5.87. The predicted octanol–water partition coefficient (Wildman–Crippen LogP) is 1.32. The second-order valence-corrected chi connectivity index (χ2v) is 5.13. The van der Waals surface area contributed by atoms with Crippen LogP contribution in [0.5, 0.6) is 0 Å². The maximum absolute atomic E-state index is 12.4. The van der Waals surface area contributed by atoms with Gasteiger partial charge in [-0.3, -0.25) is 4.79 Å². The minimum atomic E-state index is -1.19. The third-order valence-electron chi connectivity index (χ3n) is 3.77. The molecule has 1 saturated carbocycles. The minimum absolute atomic E-state index is 0.0363. The third-order valence-corrected chi connectivity index (χ3v) is 3.77. The van der Waals surface area contributed by atoms with E-state index < -0.39 is 5.97 Å². The number of aliphatic carboxylic acids is 1. The van der Waals surface area contributed by atoms with Crippen molar-refractivity contribution in [1.82, 2.24) is 0 Å². The Morgan fingerprint density at radius 1 is 1.21 bits per heavy atom. The molecule has 0 unspecified atom stereocenters. The molecule has 4 heteroatoms. The smallest absolute Gasteiger partial charge is 0.168 e. The first-order valence-electron chi connectivity index (χ1n) is 6.71. The van der Waals surface area contributed by atoms with Crippen LogP contribution in [-0.2, 0) is 11.2 Å². The Hall–Kier alpha value is -1.84. The Labute approximate surface area is 112 Å². The van der Waals surface area contributed by atoms with Crippen LogP contribution in [0.2, 0.25) is 0 Å². The van der Waals surface area contributed by atoms with Gasteiger partial charge in [-0.05, 0) is 24.5 Å². The number of nitrogen functional groups attached to an aromatic ring is 1. The number of hydrogen-bond donors (Lipinski definition) is 1. The van der Waals surface area contributed by atoms with Crippen LogP contribution in [0.3, 0.4) is 0 Å². The number of nitrogens with two attached hydrogens (primary N) is 1. The van der Waals surface area contributed by atoms with Gasteiger partial charge in [0.2, 0.25) is 0 Å². The molecule has 2 N–H and O–H groups in total. The Bertz CT molecular complexity index is 490. The summed E-state index contributed by atoms with van der Waals surface area (Å²) in [5, 5.41) is 10.7. The van der Waals surface area contributed by atoms with E-state index in [1.54, 1.807) is 18.2 Å². The first-order valence-corrected chi connectivity index (χ1v) is 6.71. The predicted molar refractivity (Wildman–Crippen MR) is 70.5 cm³/mol. The van der Waals surface area contributed by atoms with E-state index in [9.17, 15) is 14.7 Å². The molecule has 1 aromatic carbocycles. The largest absolute Gasteiger partial charge is 0.550 e. The summed E-state index contributed by atoms with van der Waals surface area (Å²) in [5.74, 6) is -1.10. The first-order chi connectivity index (χ1) is 9.09. The number of hydrogen-bond acceptors (Lipinski definition) is 4. The molecule has 0 radical (unpaired) electrons. The van der Waals surface area contributed by atoms with Gasteiger partial charge in [-0.25, -0.2) is 0 Å². The molecule has 0 aliphatic heterocycles. The Balaban J connectivity index is 2.23. The van der Waals surface area contributed by atoms with Crippen molar-refractivity contribution in [2.45, 2.75) is 38.5 Å². The van der Waals surface area contributed by atoms with E-state index in [0.717, 1.165) is 25.7 Å². The van der Waals surface area contributed by atoms with Crippen LogP contribution >= 0.6 is 0 Å². The fraction of sp³-hybridized carbons (Fsp3) is 0.467. The van der Waals surface area contributed by atoms with Crippen molar-refractivity contribution in [1.29, 1.82) is 0 Å². The average molecular weight is 260 g/mol. The Morgan fingerprint density at radius 2 is 1.89 bits per heavy atom. The molecule has 1 fully saturated rings. The highest BCUT2D eigenvalue weighted by atomic mass is 16.4. The van der Waals surface area contributed by atoms with Crippen LogP contribution in [0, 0.1) is 5.92 Å². The van der Waals surface area contributed by atoms with Crippen molar-refractivity contribution >= 4 is 17.4 Å². The highest BCUT2D eigenvalue weighted by Crippen LogP contribution is 2.29. The number of carbonyl (C=O) groups is 2. The standard InChI is InChI=1S/C15H19NO3/c16-14-11(9-13(17)18)7-4-8-12(14)15(19)10-5-2-1-3-6-10/h4,7-8,10H,1-3,5-6,9,16H2,(H,17,18)/p-1. The summed E-state index contributed by atoms with van der Waals surface area (Å²) in [4.78, 5) is 23.1. The van der Waals surface area contributed by atoms with Gasteiger partial charge in [-0.2, -0.15) is 0 Å². The minimum Gasteiger partial charge on any atom is -0.550 e. The molecule has 1 aliphatic rings. The van der Waals surface area contributed by atoms with Crippen LogP contribution in [0.1, 0.15) is 48.0 Å². The molecule has 0 atom stereocenters. The molecule has 0 bridgehead atoms. The Morgan fingerprint density at radius 3 is 2.53 bits per heavy atom. The molecule has 4 nitrogen and oxygen atoms in total. The molecule has 0 spiro atoms. The van der Waals surface area contributed by atoms with Crippen LogP contribution < -0.4 is 10.8 Å². The summed E-state index contributed by atoms with van der Waals surface area (Å²) < 4.78 is 0. The number of benzene rings is 1. The van der Waals surface area contributed by atoms with Crippen molar-refractivity contribution in [2.24, 2.45) is 5.92 Å². The lowest BCUT2D eigenvalue weighted by Gasteiger charge is -2.21. The van der Waals surface area contributed by atoms with E-state index in [2.05, 4.69) is 0 Å². The van der Waals surface area contributed by atoms with E-state index >= 15 is 0 Å². The van der Waals surface area contributed by atoms with Crippen LogP contribution in [0.4, 0.5) is 5.69 Å². The molecular formula is C15H18NO3-. The molecule has 0 saturated heterocycles. The lowest BCUT2D eigenvalue weighted by molar-refractivity contribution is -0.304. The number of carboxylic acids is 1. The van der Waals surface area contributed by atoms with Gasteiger partial charge >= 0.3 is 0 Å². The van der Waals surface area contributed by atoms with Gasteiger partial charge in [0.05, 0.1) is 0 Å². The van der Waals surface area contributed by atoms with Crippen molar-refractivity contribution in [3.63, 3.8) is 0 Å². The van der Waals surface area contributed by atoms with Gasteiger partial charge in [-0.15, -0.1) is 0 Å². The van der Waals surface area contributed by atoms with E-state index in [-0.39, 0.29) is 18.1 Å². The van der Waals surface area contributed by atoms with Crippen molar-refractivity contribution < 1.29 is 14.7 Å². The van der Waals surface area contributed by atoms with Gasteiger partial charge in [0.1, 0.15) is 0 Å². The molecule has 102 valence electrons. The second-order valence-electron chi connectivity index (χ2n) is 5.13. The van der Waals surface area contributed by atoms with Gasteiger partial charge in [0.15, 0.2) is 5.78 Å². The van der Waals surface area contributed by atoms with Gasteiger partial charge < -0.3 is 15.6 Å². The van der Waals surface area contributed by atoms with Gasteiger partial charge in [-0.1, -0.05) is 31.4 Å². The number of rotatable bonds is 4.